The van der Waals surface area contributed by atoms with Gasteiger partial charge < -0.3 is 10.2 Å². The average Bonchev–Trinajstić information content (AvgIpc) is 2.79. The van der Waals surface area contributed by atoms with Crippen molar-refractivity contribution in [3.63, 3.8) is 0 Å². The molecule has 1 aliphatic rings. The minimum absolute atomic E-state index is 0.0540. The first-order chi connectivity index (χ1) is 15.4. The van der Waals surface area contributed by atoms with E-state index in [4.69, 9.17) is 0 Å². The van der Waals surface area contributed by atoms with Gasteiger partial charge >= 0.3 is 5.69 Å². The summed E-state index contributed by atoms with van der Waals surface area (Å²) in [6.07, 6.45) is 2.91. The van der Waals surface area contributed by atoms with Crippen LogP contribution in [0, 0.1) is 19.8 Å². The number of rotatable bonds is 4. The second-order valence-electron chi connectivity index (χ2n) is 8.22. The van der Waals surface area contributed by atoms with Crippen molar-refractivity contribution < 1.29 is 4.79 Å². The largest absolute Gasteiger partial charge is 0.366 e. The van der Waals surface area contributed by atoms with Gasteiger partial charge in [0, 0.05) is 32.3 Å². The summed E-state index contributed by atoms with van der Waals surface area (Å²) >= 11 is 0. The molecule has 32 heavy (non-hydrogen) atoms. The third-order valence-electron chi connectivity index (χ3n) is 6.03. The molecule has 8 heteroatoms. The Labute approximate surface area is 186 Å². The van der Waals surface area contributed by atoms with Crippen molar-refractivity contribution in [2.45, 2.75) is 26.7 Å². The summed E-state index contributed by atoms with van der Waals surface area (Å²) in [6, 6.07) is 13.0. The van der Waals surface area contributed by atoms with E-state index in [2.05, 4.69) is 10.3 Å². The van der Waals surface area contributed by atoms with Gasteiger partial charge in [0.2, 0.25) is 5.91 Å². The molecule has 1 amide bonds. The first-order valence-corrected chi connectivity index (χ1v) is 10.7. The lowest BCUT2D eigenvalue weighted by Gasteiger charge is -2.33. The van der Waals surface area contributed by atoms with Crippen LogP contribution in [0.1, 0.15) is 24.1 Å². The third-order valence-corrected chi connectivity index (χ3v) is 6.03. The third kappa shape index (κ3) is 4.08. The lowest BCUT2D eigenvalue weighted by molar-refractivity contribution is -0.120. The first kappa shape index (κ1) is 21.5. The van der Waals surface area contributed by atoms with E-state index < -0.39 is 0 Å². The molecule has 0 aliphatic carbocycles. The Bertz CT molecular complexity index is 1250. The summed E-state index contributed by atoms with van der Waals surface area (Å²) in [4.78, 5) is 44.7. The first-order valence-electron chi connectivity index (χ1n) is 10.7. The number of aromatic nitrogens is 3. The quantitative estimate of drug-likeness (QED) is 0.683. The topological polar surface area (TPSA) is 89.2 Å². The van der Waals surface area contributed by atoms with Crippen LogP contribution in [-0.4, -0.2) is 33.1 Å². The monoisotopic (exact) mass is 433 g/mol. The molecule has 0 saturated carbocycles. The van der Waals surface area contributed by atoms with Crippen LogP contribution in [0.3, 0.4) is 0 Å². The van der Waals surface area contributed by atoms with Gasteiger partial charge in [-0.1, -0.05) is 18.2 Å². The number of nitrogens with one attached hydrogen (secondary N) is 1. The zero-order valence-electron chi connectivity index (χ0n) is 18.5. The highest BCUT2D eigenvalue weighted by Crippen LogP contribution is 2.25. The normalized spacial score (nSPS) is 14.4. The summed E-state index contributed by atoms with van der Waals surface area (Å²) in [6.45, 7) is 4.87. The zero-order valence-corrected chi connectivity index (χ0v) is 18.5. The lowest BCUT2D eigenvalue weighted by atomic mass is 9.95. The molecule has 0 radical (unpaired) electrons. The minimum atomic E-state index is -0.373. The van der Waals surface area contributed by atoms with Gasteiger partial charge in [-0.15, -0.1) is 0 Å². The Morgan fingerprint density at radius 1 is 1.06 bits per heavy atom. The SMILES string of the molecule is Cc1ccnc(NC(=O)C2CCN(c3c(C)n(-c4ccccc4)c(=O)n(C)c3=O)CC2)c1. The molecule has 8 nitrogen and oxygen atoms in total. The molecule has 1 N–H and O–H groups in total. The molecular formula is C24H27N5O3. The van der Waals surface area contributed by atoms with Gasteiger partial charge in [0.05, 0.1) is 11.4 Å². The van der Waals surface area contributed by atoms with E-state index in [1.165, 1.54) is 7.05 Å². The predicted octanol–water partition coefficient (Wildman–Crippen LogP) is 2.40. The summed E-state index contributed by atoms with van der Waals surface area (Å²) in [5.74, 6) is 0.344. The number of hydrogen-bond acceptors (Lipinski definition) is 5. The molecule has 3 heterocycles. The molecule has 1 aromatic carbocycles. The van der Waals surface area contributed by atoms with Crippen molar-refractivity contribution in [3.8, 4) is 5.69 Å². The van der Waals surface area contributed by atoms with E-state index >= 15 is 0 Å². The fraction of sp³-hybridized carbons (Fsp3) is 0.333. The molecule has 1 saturated heterocycles. The molecule has 0 atom stereocenters. The highest BCUT2D eigenvalue weighted by Gasteiger charge is 2.29. The summed E-state index contributed by atoms with van der Waals surface area (Å²) in [5.41, 5.74) is 2.18. The fourth-order valence-electron chi connectivity index (χ4n) is 4.24. The number of carbonyl (C=O) groups excluding carboxylic acids is 1. The number of amides is 1. The van der Waals surface area contributed by atoms with Crippen LogP contribution >= 0.6 is 0 Å². The van der Waals surface area contributed by atoms with Gasteiger partial charge in [-0.05, 0) is 56.5 Å². The molecule has 0 unspecified atom stereocenters. The van der Waals surface area contributed by atoms with Crippen LogP contribution in [0.25, 0.3) is 5.69 Å². The Morgan fingerprint density at radius 3 is 2.41 bits per heavy atom. The summed E-state index contributed by atoms with van der Waals surface area (Å²) in [5, 5.41) is 2.90. The molecule has 3 aromatic rings. The van der Waals surface area contributed by atoms with E-state index in [9.17, 15) is 14.4 Å². The van der Waals surface area contributed by atoms with Gasteiger partial charge in [0.1, 0.15) is 11.5 Å². The van der Waals surface area contributed by atoms with E-state index in [-0.39, 0.29) is 23.1 Å². The molecule has 1 aliphatic heterocycles. The second kappa shape index (κ2) is 8.82. The van der Waals surface area contributed by atoms with Crippen LogP contribution in [0.2, 0.25) is 0 Å². The maximum absolute atomic E-state index is 13.0. The number of hydrogen-bond donors (Lipinski definition) is 1. The lowest BCUT2D eigenvalue weighted by Crippen LogP contribution is -2.46. The summed E-state index contributed by atoms with van der Waals surface area (Å²) in [7, 11) is 1.50. The highest BCUT2D eigenvalue weighted by atomic mass is 16.2. The molecule has 0 bridgehead atoms. The average molecular weight is 434 g/mol. The fourth-order valence-corrected chi connectivity index (χ4v) is 4.24. The predicted molar refractivity (Wildman–Crippen MR) is 125 cm³/mol. The van der Waals surface area contributed by atoms with Crippen LogP contribution in [0.15, 0.2) is 58.3 Å². The maximum Gasteiger partial charge on any atom is 0.335 e. The smallest absolute Gasteiger partial charge is 0.335 e. The van der Waals surface area contributed by atoms with Crippen LogP contribution in [-0.2, 0) is 11.8 Å². The van der Waals surface area contributed by atoms with Crippen LogP contribution < -0.4 is 21.5 Å². The van der Waals surface area contributed by atoms with Crippen LogP contribution in [0.5, 0.6) is 0 Å². The van der Waals surface area contributed by atoms with Gasteiger partial charge in [-0.25, -0.2) is 9.78 Å². The number of aryl methyl sites for hydroxylation is 1. The number of anilines is 2. The van der Waals surface area contributed by atoms with Gasteiger partial charge in [0.15, 0.2) is 0 Å². The molecule has 4 rings (SSSR count). The Hall–Kier alpha value is -3.68. The van der Waals surface area contributed by atoms with Crippen molar-refractivity contribution in [1.29, 1.82) is 0 Å². The number of benzene rings is 1. The van der Waals surface area contributed by atoms with E-state index in [0.29, 0.717) is 48.8 Å². The van der Waals surface area contributed by atoms with Gasteiger partial charge in [-0.3, -0.25) is 18.7 Å². The van der Waals surface area contributed by atoms with Crippen molar-refractivity contribution in [2.24, 2.45) is 13.0 Å². The van der Waals surface area contributed by atoms with Gasteiger partial charge in [-0.2, -0.15) is 0 Å². The number of para-hydroxylation sites is 1. The number of nitrogens with zero attached hydrogens (tertiary/aromatic N) is 4. The molecule has 166 valence electrons. The number of piperidine rings is 1. The molecule has 0 spiro atoms. The van der Waals surface area contributed by atoms with Gasteiger partial charge in [0.25, 0.3) is 5.56 Å². The number of carbonyl (C=O) groups is 1. The highest BCUT2D eigenvalue weighted by molar-refractivity contribution is 5.91. The van der Waals surface area contributed by atoms with Crippen molar-refractivity contribution in [3.05, 3.63) is 80.8 Å². The standard InChI is InChI=1S/C24H27N5O3/c1-16-9-12-25-20(15-16)26-22(30)18-10-13-28(14-11-18)21-17(2)29(19-7-5-4-6-8-19)24(32)27(3)23(21)31/h4-9,12,15,18H,10-11,13-14H2,1-3H3,(H,25,26,30). The maximum atomic E-state index is 13.0. The van der Waals surface area contributed by atoms with Crippen molar-refractivity contribution in [1.82, 2.24) is 14.1 Å². The summed E-state index contributed by atoms with van der Waals surface area (Å²) < 4.78 is 2.72. The van der Waals surface area contributed by atoms with E-state index in [1.54, 1.807) is 17.7 Å². The second-order valence-corrected chi connectivity index (χ2v) is 8.22. The Balaban J connectivity index is 1.56. The van der Waals surface area contributed by atoms with E-state index in [0.717, 1.165) is 10.1 Å². The minimum Gasteiger partial charge on any atom is -0.366 e. The van der Waals surface area contributed by atoms with Crippen molar-refractivity contribution in [2.75, 3.05) is 23.3 Å². The molecule has 2 aromatic heterocycles. The van der Waals surface area contributed by atoms with E-state index in [1.807, 2.05) is 54.3 Å². The Morgan fingerprint density at radius 2 is 1.75 bits per heavy atom. The number of pyridine rings is 1. The zero-order chi connectivity index (χ0) is 22.8. The van der Waals surface area contributed by atoms with Crippen LogP contribution in [0.4, 0.5) is 11.5 Å². The molecule has 1 fully saturated rings. The Kier molecular flexibility index (Phi) is 5.94. The molecular weight excluding hydrogens is 406 g/mol. The van der Waals surface area contributed by atoms with Crippen molar-refractivity contribution >= 4 is 17.4 Å².